The SMILES string of the molecule is [2H]CC(=O)N([2H])[C@@H](Cc1c[nH]c2ccccc12)C(=O)N([2H])[C@@H](Cc1ccc(Cl)cc1)C(=O)N[C@@H](Cc1c[nH]c2ccccc12)C(=O)N[C@@H](CO)C(=O)N([2H])[C@@H](Cc1ccc(O)cc1)C(=O)N[C@@H](Cc1c[nH]c2ccccc12)C(=O)N[C@@H](CC(C)C)C(=O)N[C@@H](CCCNC(=N)N)C(=O)N1CCC[C@H]1C(=O)NCC(N)=O. The summed E-state index contributed by atoms with van der Waals surface area (Å²) in [5.41, 5.74) is 14.7. The second-order valence-corrected chi connectivity index (χ2v) is 26.8. The van der Waals surface area contributed by atoms with Crippen molar-refractivity contribution in [2.45, 2.75) is 139 Å². The second kappa shape index (κ2) is 37.1. The number of hydrogen-bond acceptors (Lipinski definition) is 14. The Bertz CT molecular complexity index is 4640. The zero-order valence-corrected chi connectivity index (χ0v) is 59.1. The third-order valence-electron chi connectivity index (χ3n) is 18.0. The number of rotatable bonds is 36. The molecule has 11 amide bonds. The van der Waals surface area contributed by atoms with Gasteiger partial charge in [-0.1, -0.05) is 104 Å². The molecule has 1 saturated heterocycles. The number of para-hydroxylation sites is 3. The summed E-state index contributed by atoms with van der Waals surface area (Å²) in [7, 11) is 0. The van der Waals surface area contributed by atoms with Crippen molar-refractivity contribution in [3.8, 4) is 5.75 Å². The van der Waals surface area contributed by atoms with Crippen molar-refractivity contribution >= 4 is 115 Å². The summed E-state index contributed by atoms with van der Waals surface area (Å²) in [5.74, 6) is -11.9. The first-order valence-corrected chi connectivity index (χ1v) is 35.0. The van der Waals surface area contributed by atoms with Crippen molar-refractivity contribution in [3.05, 3.63) is 173 Å². The molecule has 9 rings (SSSR count). The van der Waals surface area contributed by atoms with E-state index in [9.17, 15) is 41.8 Å². The topological polar surface area (TPSA) is 475 Å². The van der Waals surface area contributed by atoms with Crippen molar-refractivity contribution in [3.63, 3.8) is 0 Å². The number of hydrogen-bond donors (Lipinski definition) is 18. The number of primary amides is 1. The zero-order chi connectivity index (χ0) is 79.5. The molecule has 1 fully saturated rings. The average Bonchev–Trinajstić information content (AvgIpc) is 1.53. The lowest BCUT2D eigenvalue weighted by molar-refractivity contribution is -0.142. The Labute approximate surface area is 621 Å². The normalized spacial score (nSPS) is 15.5. The van der Waals surface area contributed by atoms with Gasteiger partial charge in [-0.2, -0.15) is 0 Å². The van der Waals surface area contributed by atoms with Crippen molar-refractivity contribution in [1.82, 2.24) is 73.0 Å². The number of halogens is 1. The highest BCUT2D eigenvalue weighted by atomic mass is 35.5. The van der Waals surface area contributed by atoms with Crippen LogP contribution in [0.1, 0.15) is 82.0 Å². The number of aliphatic hydroxyl groups is 1. The molecule has 0 saturated carbocycles. The van der Waals surface area contributed by atoms with Crippen molar-refractivity contribution in [1.29, 1.82) is 5.41 Å². The summed E-state index contributed by atoms with van der Waals surface area (Å²) >= 11 is 6.27. The van der Waals surface area contributed by atoms with E-state index in [2.05, 4.69) is 52.2 Å². The Morgan fingerprint density at radius 2 is 1.00 bits per heavy atom. The number of phenolic OH excluding ortho intramolecular Hbond substituents is 1. The molecule has 8 aromatic rings. The molecule has 9 atom stereocenters. The van der Waals surface area contributed by atoms with Crippen LogP contribution in [0.15, 0.2) is 140 Å². The third-order valence-corrected chi connectivity index (χ3v) is 18.3. The van der Waals surface area contributed by atoms with E-state index in [1.54, 1.807) is 105 Å². The van der Waals surface area contributed by atoms with Gasteiger partial charge in [-0.3, -0.25) is 58.1 Å². The molecule has 0 spiro atoms. The Morgan fingerprint density at radius 3 is 1.48 bits per heavy atom. The van der Waals surface area contributed by atoms with Crippen LogP contribution in [0.4, 0.5) is 0 Å². The van der Waals surface area contributed by atoms with Crippen LogP contribution in [0, 0.1) is 11.3 Å². The molecular formula is C75H90ClN17O13. The summed E-state index contributed by atoms with van der Waals surface area (Å²) in [6.07, 6.45) is 3.52. The molecule has 560 valence electrons. The highest BCUT2D eigenvalue weighted by Crippen LogP contribution is 2.25. The molecule has 0 radical (unpaired) electrons. The molecule has 20 N–H and O–H groups in total. The third kappa shape index (κ3) is 21.7. The van der Waals surface area contributed by atoms with Gasteiger partial charge in [0.05, 0.1) is 13.2 Å². The maximum absolute atomic E-state index is 15.4. The highest BCUT2D eigenvalue weighted by Gasteiger charge is 2.40. The van der Waals surface area contributed by atoms with Gasteiger partial charge in [0.25, 0.3) is 0 Å². The van der Waals surface area contributed by atoms with Gasteiger partial charge in [-0.25, -0.2) is 0 Å². The van der Waals surface area contributed by atoms with E-state index in [1.807, 2.05) is 0 Å². The Balaban J connectivity index is 1.01. The van der Waals surface area contributed by atoms with Gasteiger partial charge in [0, 0.05) is 110 Å². The van der Waals surface area contributed by atoms with Gasteiger partial charge in [-0.15, -0.1) is 0 Å². The van der Waals surface area contributed by atoms with Crippen LogP contribution >= 0.6 is 11.6 Å². The molecule has 0 unspecified atom stereocenters. The molecular weight excluding hydrogens is 1380 g/mol. The Morgan fingerprint density at radius 1 is 0.566 bits per heavy atom. The van der Waals surface area contributed by atoms with Crippen LogP contribution < -0.4 is 64.6 Å². The number of nitrogens with two attached hydrogens (primary N) is 2. The number of benzene rings is 5. The van der Waals surface area contributed by atoms with E-state index in [4.69, 9.17) is 31.3 Å². The first-order chi connectivity index (χ1) is 52.6. The fourth-order valence-corrected chi connectivity index (χ4v) is 12.9. The maximum Gasteiger partial charge on any atom is 0.245 e. The lowest BCUT2D eigenvalue weighted by Gasteiger charge is -2.30. The number of guanidine groups is 1. The molecule has 31 heteroatoms. The van der Waals surface area contributed by atoms with E-state index < -0.39 is 152 Å². The predicted molar refractivity (Wildman–Crippen MR) is 397 cm³/mol. The number of fused-ring (bicyclic) bond motifs is 3. The molecule has 30 nitrogen and oxygen atoms in total. The first kappa shape index (κ1) is 72.6. The number of likely N-dealkylation sites (tertiary alicyclic amines) is 1. The van der Waals surface area contributed by atoms with Gasteiger partial charge >= 0.3 is 0 Å². The molecule has 4 heterocycles. The largest absolute Gasteiger partial charge is 0.508 e. The lowest BCUT2D eigenvalue weighted by Crippen LogP contribution is -2.62. The minimum Gasteiger partial charge on any atom is -0.508 e. The molecule has 3 aromatic heterocycles. The zero-order valence-electron chi connectivity index (χ0n) is 62.4. The minimum absolute atomic E-state index is 0.0401. The van der Waals surface area contributed by atoms with E-state index in [-0.39, 0.29) is 91.8 Å². The van der Waals surface area contributed by atoms with Gasteiger partial charge < -0.3 is 94.7 Å². The number of carbonyl (C=O) groups excluding carboxylic acids is 11. The smallest absolute Gasteiger partial charge is 0.245 e. The number of phenols is 1. The average molecular weight is 1480 g/mol. The first-order valence-electron chi connectivity index (χ1n) is 36.7. The Kier molecular flexibility index (Phi) is 25.4. The number of aromatic amines is 3. The van der Waals surface area contributed by atoms with E-state index in [0.29, 0.717) is 71.7 Å². The minimum atomic E-state index is -2.09. The molecule has 5 aromatic carbocycles. The fourth-order valence-electron chi connectivity index (χ4n) is 12.7. The molecule has 0 aliphatic carbocycles. The van der Waals surface area contributed by atoms with E-state index in [1.165, 1.54) is 53.4 Å². The number of aliphatic hydroxyl groups excluding tert-OH is 1. The number of amides is 11. The van der Waals surface area contributed by atoms with Crippen molar-refractivity contribution in [2.24, 2.45) is 17.4 Å². The van der Waals surface area contributed by atoms with Crippen LogP contribution in [-0.4, -0.2) is 182 Å². The van der Waals surface area contributed by atoms with Gasteiger partial charge in [0.2, 0.25) is 65.0 Å². The molecule has 106 heavy (non-hydrogen) atoms. The fraction of sp³-hybridized carbons (Fsp3) is 0.360. The van der Waals surface area contributed by atoms with Gasteiger partial charge in [0.15, 0.2) is 10.2 Å². The summed E-state index contributed by atoms with van der Waals surface area (Å²) in [5, 5.41) is 50.5. The van der Waals surface area contributed by atoms with Gasteiger partial charge in [-0.05, 0) is 108 Å². The van der Waals surface area contributed by atoms with Crippen LogP contribution in [0.5, 0.6) is 5.75 Å². The van der Waals surface area contributed by atoms with Crippen molar-refractivity contribution < 1.29 is 68.6 Å². The summed E-state index contributed by atoms with van der Waals surface area (Å²) < 4.78 is 35.7. The quantitative estimate of drug-likeness (QED) is 0.0151. The van der Waals surface area contributed by atoms with Gasteiger partial charge in [0.1, 0.15) is 60.1 Å². The molecule has 0 bridgehead atoms. The Hall–Kier alpha value is -11.8. The standard InChI is InChI=1S/C75H90ClN17O13/c1-41(2)30-57(66(98)86-56(18-10-28-80-75(78)79)74(106)93-29-11-19-64(93)73(105)84-39-65(77)97)87-70(102)61(34-46-37-82-54-16-8-5-13-51(46)54)90-68(100)59(32-44-22-26-49(96)27-23-44)89-72(104)63(40-94)92-71(103)62(35-47-38-83-55-17-9-6-14-52(47)55)91-67(99)58(31-43-20-24-48(76)25-21-43)88-69(101)60(85-42(3)95)33-45-36-81-53-15-7-4-12-50(45)53/h4-9,12-17,20-27,36-38,41,56-64,81-83,94,96H,10-11,18-19,28-35,39-40H2,1-3H3,(H2,77,97)(H,84,105)(H,85,95)(H,86,98)(H,87,102)(H,88,101)(H,89,104)(H,90,100)(H,91,99)(H,92,103)(H4,78,79,80)/t56-,57-,58-,59-,60-,61-,62-,63-,64-/m0/s1/i3D/hD3. The summed E-state index contributed by atoms with van der Waals surface area (Å²) in [6, 6.07) is 17.6. The number of H-pyrrole nitrogens is 3. The maximum atomic E-state index is 15.4. The lowest BCUT2D eigenvalue weighted by atomic mass is 9.99. The van der Waals surface area contributed by atoms with Crippen LogP contribution in [0.3, 0.4) is 0 Å². The van der Waals surface area contributed by atoms with E-state index in [0.717, 1.165) is 0 Å². The predicted octanol–water partition coefficient (Wildman–Crippen LogP) is 1.80. The number of carbonyl (C=O) groups is 11. The van der Waals surface area contributed by atoms with E-state index >= 15 is 24.0 Å². The number of aromatic nitrogens is 3. The summed E-state index contributed by atoms with van der Waals surface area (Å²) in [4.78, 5) is 169. The molecule has 1 aliphatic heterocycles. The van der Waals surface area contributed by atoms with Crippen LogP contribution in [0.2, 0.25) is 9.26 Å². The number of nitrogens with one attached hydrogen (secondary N) is 14. The number of nitrogens with zero attached hydrogens (tertiary/aromatic N) is 1. The summed E-state index contributed by atoms with van der Waals surface area (Å²) in [6.45, 7) is 1.10. The second-order valence-electron chi connectivity index (χ2n) is 26.4. The number of aromatic hydroxyl groups is 1. The van der Waals surface area contributed by atoms with Crippen LogP contribution in [0.25, 0.3) is 32.7 Å². The van der Waals surface area contributed by atoms with Crippen LogP contribution in [-0.2, 0) is 84.8 Å². The van der Waals surface area contributed by atoms with Crippen molar-refractivity contribution in [2.75, 3.05) is 26.2 Å². The highest BCUT2D eigenvalue weighted by molar-refractivity contribution is 6.30. The monoisotopic (exact) mass is 1480 g/mol. The molecule has 1 aliphatic rings.